The van der Waals surface area contributed by atoms with E-state index in [1.165, 1.54) is 7.11 Å². The zero-order chi connectivity index (χ0) is 12.4. The second kappa shape index (κ2) is 4.69. The predicted molar refractivity (Wildman–Crippen MR) is 61.1 cm³/mol. The van der Waals surface area contributed by atoms with Crippen LogP contribution >= 0.6 is 0 Å². The Balaban J connectivity index is 2.68. The smallest absolute Gasteiger partial charge is 0.326 e. The molecule has 1 aliphatic rings. The van der Waals surface area contributed by atoms with Gasteiger partial charge in [0.15, 0.2) is 0 Å². The van der Waals surface area contributed by atoms with Crippen molar-refractivity contribution >= 4 is 5.97 Å². The molecule has 16 heavy (non-hydrogen) atoms. The van der Waals surface area contributed by atoms with E-state index in [0.29, 0.717) is 19.8 Å². The van der Waals surface area contributed by atoms with Crippen LogP contribution in [0.15, 0.2) is 0 Å². The molecule has 0 spiro atoms. The molecule has 5 nitrogen and oxygen atoms in total. The Kier molecular flexibility index (Phi) is 3.93. The van der Waals surface area contributed by atoms with Crippen molar-refractivity contribution in [3.63, 3.8) is 0 Å². The Bertz CT molecular complexity index is 264. The third-order valence-corrected chi connectivity index (χ3v) is 2.99. The third-order valence-electron chi connectivity index (χ3n) is 2.99. The van der Waals surface area contributed by atoms with Crippen molar-refractivity contribution in [3.8, 4) is 0 Å². The summed E-state index contributed by atoms with van der Waals surface area (Å²) in [7, 11) is 1.36. The van der Waals surface area contributed by atoms with Gasteiger partial charge in [-0.15, -0.1) is 0 Å². The Morgan fingerprint density at radius 3 is 2.75 bits per heavy atom. The highest BCUT2D eigenvalue weighted by Gasteiger charge is 2.38. The highest BCUT2D eigenvalue weighted by Crippen LogP contribution is 2.21. The fourth-order valence-electron chi connectivity index (χ4n) is 1.88. The number of methoxy groups -OCH3 is 1. The molecule has 0 radical (unpaired) electrons. The summed E-state index contributed by atoms with van der Waals surface area (Å²) in [6.07, 6.45) is 0. The fraction of sp³-hybridized carbons (Fsp3) is 0.909. The van der Waals surface area contributed by atoms with E-state index in [9.17, 15) is 4.79 Å². The summed E-state index contributed by atoms with van der Waals surface area (Å²) in [5, 5.41) is 0. The van der Waals surface area contributed by atoms with E-state index in [0.717, 1.165) is 6.54 Å². The molecule has 1 rings (SSSR count). The number of carbonyl (C=O) groups excluding carboxylic acids is 1. The van der Waals surface area contributed by atoms with Crippen LogP contribution in [0.2, 0.25) is 0 Å². The van der Waals surface area contributed by atoms with Crippen LogP contribution in [0.1, 0.15) is 20.8 Å². The summed E-state index contributed by atoms with van der Waals surface area (Å²) in [6, 6.07) is 0. The average Bonchev–Trinajstić information content (AvgIpc) is 2.19. The van der Waals surface area contributed by atoms with Crippen LogP contribution in [-0.2, 0) is 14.3 Å². The van der Waals surface area contributed by atoms with Crippen molar-refractivity contribution in [2.24, 2.45) is 5.73 Å². The van der Waals surface area contributed by atoms with Crippen molar-refractivity contribution in [1.82, 2.24) is 4.90 Å². The van der Waals surface area contributed by atoms with E-state index in [2.05, 4.69) is 18.7 Å². The molecule has 1 unspecified atom stereocenters. The molecule has 1 heterocycles. The molecule has 0 aromatic heterocycles. The fourth-order valence-corrected chi connectivity index (χ4v) is 1.88. The van der Waals surface area contributed by atoms with E-state index in [4.69, 9.17) is 15.2 Å². The van der Waals surface area contributed by atoms with Gasteiger partial charge in [0, 0.05) is 18.6 Å². The molecule has 1 atom stereocenters. The molecular formula is C11H22N2O3. The molecule has 0 saturated carbocycles. The zero-order valence-electron chi connectivity index (χ0n) is 10.6. The molecule has 0 aliphatic carbocycles. The molecule has 1 aliphatic heterocycles. The van der Waals surface area contributed by atoms with Crippen LogP contribution in [0.25, 0.3) is 0 Å². The first-order valence-electron chi connectivity index (χ1n) is 5.50. The van der Waals surface area contributed by atoms with Gasteiger partial charge in [0.05, 0.1) is 20.3 Å². The Hall–Kier alpha value is -0.650. The largest absolute Gasteiger partial charge is 0.468 e. The quantitative estimate of drug-likeness (QED) is 0.691. The molecule has 1 saturated heterocycles. The normalized spacial score (nSPS) is 24.8. The third kappa shape index (κ3) is 2.93. The molecule has 2 N–H and O–H groups in total. The van der Waals surface area contributed by atoms with Gasteiger partial charge in [-0.25, -0.2) is 0 Å². The van der Waals surface area contributed by atoms with Crippen molar-refractivity contribution < 1.29 is 14.3 Å². The highest BCUT2D eigenvalue weighted by molar-refractivity contribution is 5.80. The predicted octanol–water partition coefficient (Wildman–Crippen LogP) is -0.0124. The van der Waals surface area contributed by atoms with E-state index >= 15 is 0 Å². The van der Waals surface area contributed by atoms with Gasteiger partial charge in [-0.05, 0) is 20.8 Å². The SMILES string of the molecule is COC(=O)C(C)(N)CN1CCOCC1(C)C. The maximum Gasteiger partial charge on any atom is 0.326 e. The summed E-state index contributed by atoms with van der Waals surface area (Å²) in [5.41, 5.74) is 4.91. The lowest BCUT2D eigenvalue weighted by atomic mass is 9.96. The van der Waals surface area contributed by atoms with Gasteiger partial charge >= 0.3 is 5.97 Å². The van der Waals surface area contributed by atoms with Crippen molar-refractivity contribution in [2.45, 2.75) is 31.8 Å². The van der Waals surface area contributed by atoms with Gasteiger partial charge < -0.3 is 15.2 Å². The van der Waals surface area contributed by atoms with Crippen LogP contribution in [0.3, 0.4) is 0 Å². The first-order chi connectivity index (χ1) is 7.29. The maximum absolute atomic E-state index is 11.5. The number of nitrogens with zero attached hydrogens (tertiary/aromatic N) is 1. The van der Waals surface area contributed by atoms with Gasteiger partial charge in [-0.2, -0.15) is 0 Å². The van der Waals surface area contributed by atoms with Crippen LogP contribution in [0.4, 0.5) is 0 Å². The molecule has 1 fully saturated rings. The first kappa shape index (κ1) is 13.4. The zero-order valence-corrected chi connectivity index (χ0v) is 10.6. The van der Waals surface area contributed by atoms with E-state index in [1.54, 1.807) is 6.92 Å². The molecule has 94 valence electrons. The number of ether oxygens (including phenoxy) is 2. The van der Waals surface area contributed by atoms with Gasteiger partial charge in [0.25, 0.3) is 0 Å². The molecule has 0 bridgehead atoms. The van der Waals surface area contributed by atoms with Gasteiger partial charge in [0.2, 0.25) is 0 Å². The van der Waals surface area contributed by atoms with E-state index < -0.39 is 5.54 Å². The van der Waals surface area contributed by atoms with Crippen LogP contribution < -0.4 is 5.73 Å². The highest BCUT2D eigenvalue weighted by atomic mass is 16.5. The summed E-state index contributed by atoms with van der Waals surface area (Å²) < 4.78 is 10.1. The number of rotatable bonds is 3. The number of hydrogen-bond acceptors (Lipinski definition) is 5. The lowest BCUT2D eigenvalue weighted by Gasteiger charge is -2.44. The van der Waals surface area contributed by atoms with Crippen LogP contribution in [-0.4, -0.2) is 55.4 Å². The van der Waals surface area contributed by atoms with Gasteiger partial charge in [-0.1, -0.05) is 0 Å². The number of nitrogens with two attached hydrogens (primary N) is 1. The summed E-state index contributed by atoms with van der Waals surface area (Å²) in [6.45, 7) is 8.47. The van der Waals surface area contributed by atoms with Crippen LogP contribution in [0.5, 0.6) is 0 Å². The van der Waals surface area contributed by atoms with Gasteiger partial charge in [-0.3, -0.25) is 9.69 Å². The number of carbonyl (C=O) groups is 1. The summed E-state index contributed by atoms with van der Waals surface area (Å²) >= 11 is 0. The summed E-state index contributed by atoms with van der Waals surface area (Å²) in [4.78, 5) is 13.7. The van der Waals surface area contributed by atoms with Gasteiger partial charge in [0.1, 0.15) is 5.54 Å². The monoisotopic (exact) mass is 230 g/mol. The van der Waals surface area contributed by atoms with E-state index in [1.807, 2.05) is 0 Å². The summed E-state index contributed by atoms with van der Waals surface area (Å²) in [5.74, 6) is -0.380. The second-order valence-electron chi connectivity index (χ2n) is 5.20. The number of esters is 1. The Labute approximate surface area is 96.9 Å². The first-order valence-corrected chi connectivity index (χ1v) is 5.50. The average molecular weight is 230 g/mol. The molecule has 0 aromatic rings. The lowest BCUT2D eigenvalue weighted by molar-refractivity contribution is -0.149. The minimum atomic E-state index is -0.969. The maximum atomic E-state index is 11.5. The van der Waals surface area contributed by atoms with Crippen LogP contribution in [0, 0.1) is 0 Å². The minimum Gasteiger partial charge on any atom is -0.468 e. The minimum absolute atomic E-state index is 0.0904. The molecule has 5 heteroatoms. The Morgan fingerprint density at radius 1 is 1.62 bits per heavy atom. The lowest BCUT2D eigenvalue weighted by Crippen LogP contribution is -2.62. The standard InChI is InChI=1S/C11H22N2O3/c1-10(2)8-16-6-5-13(10)7-11(3,12)9(14)15-4/h5-8,12H2,1-4H3. The Morgan fingerprint density at radius 2 is 2.25 bits per heavy atom. The number of hydrogen-bond donors (Lipinski definition) is 1. The molecule has 0 amide bonds. The van der Waals surface area contributed by atoms with Crippen molar-refractivity contribution in [3.05, 3.63) is 0 Å². The topological polar surface area (TPSA) is 64.8 Å². The molecular weight excluding hydrogens is 208 g/mol. The molecule has 0 aromatic carbocycles. The second-order valence-corrected chi connectivity index (χ2v) is 5.20. The number of morpholine rings is 1. The van der Waals surface area contributed by atoms with Crippen molar-refractivity contribution in [2.75, 3.05) is 33.4 Å². The van der Waals surface area contributed by atoms with Crippen molar-refractivity contribution in [1.29, 1.82) is 0 Å². The van der Waals surface area contributed by atoms with E-state index in [-0.39, 0.29) is 11.5 Å².